The van der Waals surface area contributed by atoms with Crippen molar-refractivity contribution in [3.63, 3.8) is 0 Å². The second-order valence-corrected chi connectivity index (χ2v) is 4.95. The fourth-order valence-corrected chi connectivity index (χ4v) is 2.71. The third-order valence-corrected chi connectivity index (χ3v) is 3.99. The highest BCUT2D eigenvalue weighted by atomic mass is 35.5. The van der Waals surface area contributed by atoms with Crippen molar-refractivity contribution >= 4 is 11.6 Å². The monoisotopic (exact) mass is 272 g/mol. The van der Waals surface area contributed by atoms with Gasteiger partial charge in [0.2, 0.25) is 0 Å². The molecule has 102 valence electrons. The van der Waals surface area contributed by atoms with Gasteiger partial charge in [-0.25, -0.2) is 4.79 Å². The molecule has 0 aromatic carbocycles. The van der Waals surface area contributed by atoms with Crippen LogP contribution in [-0.2, 0) is 6.42 Å². The largest absolute Gasteiger partial charge is 0.329 e. The minimum absolute atomic E-state index is 0.112. The van der Waals surface area contributed by atoms with Crippen LogP contribution in [0.1, 0.15) is 52.1 Å². The second kappa shape index (κ2) is 6.23. The van der Waals surface area contributed by atoms with Crippen molar-refractivity contribution in [3.05, 3.63) is 31.6 Å². The molecule has 0 aliphatic carbocycles. The van der Waals surface area contributed by atoms with E-state index in [4.69, 9.17) is 11.6 Å². The SMILES string of the molecule is CCc1c(Cl)[nH]c(=O)n(C(C)C(CC)CC)c1=O. The van der Waals surface area contributed by atoms with Crippen molar-refractivity contribution in [2.45, 2.75) is 53.0 Å². The topological polar surface area (TPSA) is 54.9 Å². The Morgan fingerprint density at radius 3 is 2.22 bits per heavy atom. The van der Waals surface area contributed by atoms with E-state index in [9.17, 15) is 9.59 Å². The van der Waals surface area contributed by atoms with E-state index in [-0.39, 0.29) is 16.8 Å². The standard InChI is InChI=1S/C13H21ClN2O2/c1-5-9(6-2)8(4)16-12(17)10(7-3)11(14)15-13(16)18/h8-9H,5-7H2,1-4H3,(H,15,18). The second-order valence-electron chi connectivity index (χ2n) is 4.57. The maximum atomic E-state index is 12.3. The van der Waals surface area contributed by atoms with Crippen molar-refractivity contribution in [1.29, 1.82) is 0 Å². The molecule has 0 bridgehead atoms. The summed E-state index contributed by atoms with van der Waals surface area (Å²) in [5.41, 5.74) is -0.193. The van der Waals surface area contributed by atoms with Crippen LogP contribution < -0.4 is 11.2 Å². The molecule has 1 aromatic rings. The van der Waals surface area contributed by atoms with Crippen LogP contribution in [0.15, 0.2) is 9.59 Å². The molecule has 1 heterocycles. The first-order valence-electron chi connectivity index (χ1n) is 6.50. The van der Waals surface area contributed by atoms with Gasteiger partial charge in [0.25, 0.3) is 5.56 Å². The predicted molar refractivity (Wildman–Crippen MR) is 74.5 cm³/mol. The molecule has 1 N–H and O–H groups in total. The zero-order chi connectivity index (χ0) is 13.9. The van der Waals surface area contributed by atoms with Gasteiger partial charge in [-0.05, 0) is 19.3 Å². The summed E-state index contributed by atoms with van der Waals surface area (Å²) in [4.78, 5) is 26.8. The molecule has 1 rings (SSSR count). The lowest BCUT2D eigenvalue weighted by molar-refractivity contribution is 0.316. The molecule has 0 saturated heterocycles. The first kappa shape index (κ1) is 15.0. The summed E-state index contributed by atoms with van der Waals surface area (Å²) in [6.07, 6.45) is 2.39. The molecular weight excluding hydrogens is 252 g/mol. The van der Waals surface area contributed by atoms with Gasteiger partial charge < -0.3 is 0 Å². The number of rotatable bonds is 5. The van der Waals surface area contributed by atoms with Crippen LogP contribution in [0, 0.1) is 5.92 Å². The zero-order valence-corrected chi connectivity index (χ0v) is 12.2. The van der Waals surface area contributed by atoms with Gasteiger partial charge in [0.15, 0.2) is 0 Å². The van der Waals surface area contributed by atoms with E-state index in [0.717, 1.165) is 12.8 Å². The minimum atomic E-state index is -0.415. The molecule has 18 heavy (non-hydrogen) atoms. The number of hydrogen-bond acceptors (Lipinski definition) is 2. The van der Waals surface area contributed by atoms with Crippen LogP contribution in [0.25, 0.3) is 0 Å². The molecule has 1 atom stereocenters. The average Bonchev–Trinajstić information content (AvgIpc) is 2.30. The summed E-state index contributed by atoms with van der Waals surface area (Å²) < 4.78 is 1.31. The Balaban J connectivity index is 3.41. The number of aromatic nitrogens is 2. The molecule has 0 aliphatic rings. The third-order valence-electron chi connectivity index (χ3n) is 3.67. The third kappa shape index (κ3) is 2.69. The molecule has 0 fully saturated rings. The van der Waals surface area contributed by atoms with Crippen LogP contribution in [0.3, 0.4) is 0 Å². The number of H-pyrrole nitrogens is 1. The van der Waals surface area contributed by atoms with Crippen molar-refractivity contribution in [2.75, 3.05) is 0 Å². The van der Waals surface area contributed by atoms with E-state index in [2.05, 4.69) is 18.8 Å². The Bertz CT molecular complexity index is 515. The van der Waals surface area contributed by atoms with Gasteiger partial charge in [-0.1, -0.05) is 45.2 Å². The normalized spacial score (nSPS) is 13.0. The van der Waals surface area contributed by atoms with Crippen molar-refractivity contribution < 1.29 is 0 Å². The van der Waals surface area contributed by atoms with Crippen molar-refractivity contribution in [1.82, 2.24) is 9.55 Å². The minimum Gasteiger partial charge on any atom is -0.297 e. The summed E-state index contributed by atoms with van der Waals surface area (Å²) in [5, 5.41) is 0.167. The number of hydrogen-bond donors (Lipinski definition) is 1. The highest BCUT2D eigenvalue weighted by Crippen LogP contribution is 2.21. The van der Waals surface area contributed by atoms with Crippen molar-refractivity contribution in [3.8, 4) is 0 Å². The molecule has 0 saturated carbocycles. The molecule has 0 spiro atoms. The average molecular weight is 273 g/mol. The number of nitrogens with one attached hydrogen (secondary N) is 1. The molecule has 0 amide bonds. The van der Waals surface area contributed by atoms with Gasteiger partial charge in [-0.2, -0.15) is 0 Å². The summed E-state index contributed by atoms with van der Waals surface area (Å²) in [7, 11) is 0. The Morgan fingerprint density at radius 2 is 1.78 bits per heavy atom. The highest BCUT2D eigenvalue weighted by Gasteiger charge is 2.21. The number of aromatic amines is 1. The van der Waals surface area contributed by atoms with E-state index in [1.165, 1.54) is 4.57 Å². The smallest absolute Gasteiger partial charge is 0.297 e. The van der Waals surface area contributed by atoms with Crippen molar-refractivity contribution in [2.24, 2.45) is 5.92 Å². The lowest BCUT2D eigenvalue weighted by atomic mass is 9.95. The first-order valence-corrected chi connectivity index (χ1v) is 6.88. The van der Waals surface area contributed by atoms with E-state index in [0.29, 0.717) is 17.9 Å². The van der Waals surface area contributed by atoms with Gasteiger partial charge in [-0.3, -0.25) is 14.3 Å². The lowest BCUT2D eigenvalue weighted by Gasteiger charge is -2.23. The summed E-state index contributed by atoms with van der Waals surface area (Å²) in [6, 6.07) is -0.112. The van der Waals surface area contributed by atoms with Gasteiger partial charge in [0.05, 0.1) is 5.56 Å². The Hall–Kier alpha value is -1.03. The van der Waals surface area contributed by atoms with Crippen LogP contribution in [0.5, 0.6) is 0 Å². The number of nitrogens with zero attached hydrogens (tertiary/aromatic N) is 1. The molecule has 4 nitrogen and oxygen atoms in total. The maximum absolute atomic E-state index is 12.3. The summed E-state index contributed by atoms with van der Waals surface area (Å²) in [6.45, 7) is 7.91. The molecule has 0 aliphatic heterocycles. The van der Waals surface area contributed by atoms with Gasteiger partial charge in [0, 0.05) is 6.04 Å². The van der Waals surface area contributed by atoms with E-state index in [1.54, 1.807) is 0 Å². The Labute approximate surface area is 112 Å². The van der Waals surface area contributed by atoms with Gasteiger partial charge in [0.1, 0.15) is 5.15 Å². The maximum Gasteiger partial charge on any atom is 0.329 e. The first-order chi connectivity index (χ1) is 8.47. The summed E-state index contributed by atoms with van der Waals surface area (Å²) in [5.74, 6) is 0.315. The predicted octanol–water partition coefficient (Wildman–Crippen LogP) is 2.75. The highest BCUT2D eigenvalue weighted by molar-refractivity contribution is 6.30. The zero-order valence-electron chi connectivity index (χ0n) is 11.4. The van der Waals surface area contributed by atoms with Crippen LogP contribution in [-0.4, -0.2) is 9.55 Å². The van der Waals surface area contributed by atoms with Crippen LogP contribution >= 0.6 is 11.6 Å². The van der Waals surface area contributed by atoms with Gasteiger partial charge >= 0.3 is 5.69 Å². The molecule has 0 radical (unpaired) electrons. The fourth-order valence-electron chi connectivity index (χ4n) is 2.42. The molecule has 5 heteroatoms. The Kier molecular flexibility index (Phi) is 5.20. The van der Waals surface area contributed by atoms with E-state index < -0.39 is 5.69 Å². The summed E-state index contributed by atoms with van der Waals surface area (Å²) >= 11 is 5.89. The molecule has 1 unspecified atom stereocenters. The van der Waals surface area contributed by atoms with Gasteiger partial charge in [-0.15, -0.1) is 0 Å². The van der Waals surface area contributed by atoms with Crippen LogP contribution in [0.4, 0.5) is 0 Å². The quantitative estimate of drug-likeness (QED) is 0.838. The van der Waals surface area contributed by atoms with Crippen LogP contribution in [0.2, 0.25) is 5.15 Å². The number of halogens is 1. The molecule has 1 aromatic heterocycles. The Morgan fingerprint density at radius 1 is 1.22 bits per heavy atom. The molecular formula is C13H21ClN2O2. The lowest BCUT2D eigenvalue weighted by Crippen LogP contribution is -2.41. The fraction of sp³-hybridized carbons (Fsp3) is 0.692. The van der Waals surface area contributed by atoms with E-state index >= 15 is 0 Å². The van der Waals surface area contributed by atoms with E-state index in [1.807, 2.05) is 13.8 Å².